The zero-order valence-corrected chi connectivity index (χ0v) is 13.8. The molecule has 0 saturated carbocycles. The minimum Gasteiger partial charge on any atom is -0.495 e. The summed E-state index contributed by atoms with van der Waals surface area (Å²) in [7, 11) is 1.55. The molecule has 0 radical (unpaired) electrons. The van der Waals surface area contributed by atoms with Crippen molar-refractivity contribution in [1.29, 1.82) is 0 Å². The van der Waals surface area contributed by atoms with Crippen LogP contribution >= 0.6 is 0 Å². The highest BCUT2D eigenvalue weighted by atomic mass is 19.1. The van der Waals surface area contributed by atoms with Crippen LogP contribution in [0.4, 0.5) is 15.8 Å². The molecule has 0 unspecified atom stereocenters. The van der Waals surface area contributed by atoms with Gasteiger partial charge in [0.15, 0.2) is 0 Å². The van der Waals surface area contributed by atoms with Gasteiger partial charge in [0.1, 0.15) is 11.6 Å². The number of aliphatic carboxylic acids is 1. The Bertz CT molecular complexity index is 957. The molecule has 0 atom stereocenters. The molecule has 0 aliphatic rings. The molecule has 3 aromatic rings. The molecule has 0 amide bonds. The zero-order valence-electron chi connectivity index (χ0n) is 13.8. The number of hydrogen-bond donors (Lipinski definition) is 2. The number of hydrogen-bond acceptors (Lipinski definition) is 4. The predicted molar refractivity (Wildman–Crippen MR) is 94.1 cm³/mol. The first-order chi connectivity index (χ1) is 12.0. The minimum absolute atomic E-state index is 0.219. The SMILES string of the molecule is COc1ccccc1Nc1c(CC(=O)O)c(C)nc2ccc(F)cc12. The molecule has 0 aliphatic heterocycles. The highest BCUT2D eigenvalue weighted by Gasteiger charge is 2.17. The van der Waals surface area contributed by atoms with Crippen molar-refractivity contribution in [2.75, 3.05) is 12.4 Å². The Balaban J connectivity index is 2.25. The summed E-state index contributed by atoms with van der Waals surface area (Å²) in [6, 6.07) is 11.5. The van der Waals surface area contributed by atoms with Gasteiger partial charge in [-0.2, -0.15) is 0 Å². The Hall–Kier alpha value is -3.15. The van der Waals surface area contributed by atoms with E-state index in [4.69, 9.17) is 4.74 Å². The van der Waals surface area contributed by atoms with Crippen LogP contribution < -0.4 is 10.1 Å². The van der Waals surface area contributed by atoms with E-state index >= 15 is 0 Å². The van der Waals surface area contributed by atoms with Gasteiger partial charge in [0.2, 0.25) is 0 Å². The van der Waals surface area contributed by atoms with Gasteiger partial charge in [-0.15, -0.1) is 0 Å². The maximum atomic E-state index is 13.8. The molecule has 6 heteroatoms. The van der Waals surface area contributed by atoms with E-state index in [1.165, 1.54) is 12.1 Å². The standard InChI is InChI=1S/C19H17FN2O3/c1-11-13(10-18(23)24)19(14-9-12(20)7-8-15(14)21-11)22-16-5-3-4-6-17(16)25-2/h3-9H,10H2,1-2H3,(H,21,22)(H,23,24). The number of carboxylic acid groups (broad SMARTS) is 1. The third-order valence-corrected chi connectivity index (χ3v) is 3.95. The second kappa shape index (κ2) is 6.76. The van der Waals surface area contributed by atoms with Gasteiger partial charge in [-0.25, -0.2) is 4.39 Å². The summed E-state index contributed by atoms with van der Waals surface area (Å²) in [5.74, 6) is -0.797. The molecule has 2 aromatic carbocycles. The lowest BCUT2D eigenvalue weighted by atomic mass is 10.0. The lowest BCUT2D eigenvalue weighted by Crippen LogP contribution is -2.08. The quantitative estimate of drug-likeness (QED) is 0.733. The van der Waals surface area contributed by atoms with Gasteiger partial charge in [0.25, 0.3) is 0 Å². The third-order valence-electron chi connectivity index (χ3n) is 3.95. The maximum absolute atomic E-state index is 13.8. The van der Waals surface area contributed by atoms with E-state index in [2.05, 4.69) is 10.3 Å². The monoisotopic (exact) mass is 340 g/mol. The van der Waals surface area contributed by atoms with Crippen LogP contribution in [-0.4, -0.2) is 23.2 Å². The van der Waals surface area contributed by atoms with E-state index in [-0.39, 0.29) is 6.42 Å². The summed E-state index contributed by atoms with van der Waals surface area (Å²) >= 11 is 0. The van der Waals surface area contributed by atoms with Crippen LogP contribution in [0.5, 0.6) is 5.75 Å². The van der Waals surface area contributed by atoms with Gasteiger partial charge in [0, 0.05) is 16.6 Å². The first-order valence-corrected chi connectivity index (χ1v) is 7.70. The summed E-state index contributed by atoms with van der Waals surface area (Å²) in [5, 5.41) is 13.0. The fraction of sp³-hybridized carbons (Fsp3) is 0.158. The number of methoxy groups -OCH3 is 1. The molecular weight excluding hydrogens is 323 g/mol. The number of ether oxygens (including phenoxy) is 1. The van der Waals surface area contributed by atoms with Crippen LogP contribution in [-0.2, 0) is 11.2 Å². The van der Waals surface area contributed by atoms with E-state index in [0.717, 1.165) is 0 Å². The maximum Gasteiger partial charge on any atom is 0.307 e. The number of carboxylic acids is 1. The van der Waals surface area contributed by atoms with E-state index in [1.807, 2.05) is 18.2 Å². The number of rotatable bonds is 5. The van der Waals surface area contributed by atoms with Crippen LogP contribution in [0.1, 0.15) is 11.3 Å². The lowest BCUT2D eigenvalue weighted by Gasteiger charge is -2.18. The van der Waals surface area contributed by atoms with Gasteiger partial charge in [0.05, 0.1) is 30.4 Å². The van der Waals surface area contributed by atoms with Crippen molar-refractivity contribution in [2.24, 2.45) is 0 Å². The Morgan fingerprint density at radius 1 is 1.28 bits per heavy atom. The molecule has 1 aromatic heterocycles. The molecule has 3 rings (SSSR count). The van der Waals surface area contributed by atoms with Crippen molar-refractivity contribution >= 4 is 28.2 Å². The fourth-order valence-electron chi connectivity index (χ4n) is 2.79. The van der Waals surface area contributed by atoms with Crippen molar-refractivity contribution in [3.05, 3.63) is 59.5 Å². The van der Waals surface area contributed by atoms with Crippen LogP contribution in [0.15, 0.2) is 42.5 Å². The molecule has 2 N–H and O–H groups in total. The van der Waals surface area contributed by atoms with E-state index in [9.17, 15) is 14.3 Å². The molecular formula is C19H17FN2O3. The largest absolute Gasteiger partial charge is 0.495 e. The van der Waals surface area contributed by atoms with Crippen molar-refractivity contribution in [2.45, 2.75) is 13.3 Å². The smallest absolute Gasteiger partial charge is 0.307 e. The normalized spacial score (nSPS) is 10.7. The van der Waals surface area contributed by atoms with Gasteiger partial charge >= 0.3 is 5.97 Å². The molecule has 0 saturated heterocycles. The number of para-hydroxylation sites is 2. The van der Waals surface area contributed by atoms with Crippen LogP contribution in [0, 0.1) is 12.7 Å². The number of benzene rings is 2. The van der Waals surface area contributed by atoms with Gasteiger partial charge in [-0.05, 0) is 37.3 Å². The number of halogens is 1. The van der Waals surface area contributed by atoms with Crippen molar-refractivity contribution < 1.29 is 19.0 Å². The van der Waals surface area contributed by atoms with Gasteiger partial charge < -0.3 is 15.2 Å². The molecule has 128 valence electrons. The Morgan fingerprint density at radius 2 is 2.04 bits per heavy atom. The first-order valence-electron chi connectivity index (χ1n) is 7.70. The highest BCUT2D eigenvalue weighted by Crippen LogP contribution is 2.35. The minimum atomic E-state index is -0.983. The molecule has 0 spiro atoms. The summed E-state index contributed by atoms with van der Waals surface area (Å²) in [6.45, 7) is 1.74. The predicted octanol–water partition coefficient (Wildman–Crippen LogP) is 4.06. The third kappa shape index (κ3) is 3.38. The average molecular weight is 340 g/mol. The topological polar surface area (TPSA) is 71.5 Å². The van der Waals surface area contributed by atoms with Crippen molar-refractivity contribution in [1.82, 2.24) is 4.98 Å². The number of fused-ring (bicyclic) bond motifs is 1. The number of aryl methyl sites for hydroxylation is 1. The molecule has 25 heavy (non-hydrogen) atoms. The number of nitrogens with one attached hydrogen (secondary N) is 1. The van der Waals surface area contributed by atoms with Crippen LogP contribution in [0.25, 0.3) is 10.9 Å². The van der Waals surface area contributed by atoms with Crippen LogP contribution in [0.2, 0.25) is 0 Å². The first kappa shape index (κ1) is 16.7. The number of nitrogens with zero attached hydrogens (tertiary/aromatic N) is 1. The number of carbonyl (C=O) groups is 1. The second-order valence-electron chi connectivity index (χ2n) is 5.61. The summed E-state index contributed by atoms with van der Waals surface area (Å²) in [5.41, 5.74) is 2.86. The summed E-state index contributed by atoms with van der Waals surface area (Å²) < 4.78 is 19.1. The van der Waals surface area contributed by atoms with E-state index in [1.54, 1.807) is 26.2 Å². The second-order valence-corrected chi connectivity index (χ2v) is 5.61. The molecule has 0 aliphatic carbocycles. The fourth-order valence-corrected chi connectivity index (χ4v) is 2.79. The average Bonchev–Trinajstić information content (AvgIpc) is 2.58. The van der Waals surface area contributed by atoms with Crippen molar-refractivity contribution in [3.63, 3.8) is 0 Å². The number of pyridine rings is 1. The summed E-state index contributed by atoms with van der Waals surface area (Å²) in [6.07, 6.45) is -0.219. The highest BCUT2D eigenvalue weighted by molar-refractivity contribution is 5.97. The van der Waals surface area contributed by atoms with Gasteiger partial charge in [-0.1, -0.05) is 12.1 Å². The number of aromatic nitrogens is 1. The van der Waals surface area contributed by atoms with E-state index in [0.29, 0.717) is 39.3 Å². The molecule has 0 fully saturated rings. The Morgan fingerprint density at radius 3 is 2.76 bits per heavy atom. The van der Waals surface area contributed by atoms with Crippen LogP contribution in [0.3, 0.4) is 0 Å². The summed E-state index contributed by atoms with van der Waals surface area (Å²) in [4.78, 5) is 15.7. The number of anilines is 2. The van der Waals surface area contributed by atoms with E-state index < -0.39 is 11.8 Å². The zero-order chi connectivity index (χ0) is 18.0. The molecule has 1 heterocycles. The van der Waals surface area contributed by atoms with Crippen molar-refractivity contribution in [3.8, 4) is 5.75 Å². The molecule has 0 bridgehead atoms. The Kier molecular flexibility index (Phi) is 4.52. The van der Waals surface area contributed by atoms with Gasteiger partial charge in [-0.3, -0.25) is 9.78 Å². The lowest BCUT2D eigenvalue weighted by molar-refractivity contribution is -0.136. The Labute approximate surface area is 144 Å². The molecule has 5 nitrogen and oxygen atoms in total.